The van der Waals surface area contributed by atoms with Gasteiger partial charge in [0.2, 0.25) is 0 Å². The monoisotopic (exact) mass is 548 g/mol. The standard InChI is InChI=1S/C28H45FO4Si3/c1-34(2,3)23-36(7,33-35(4,5)6)22-12-10-8-9-11-21-31-26-17-13-24(14-18-26)28(30)32-27-19-15-25(29)16-20-27/h13-20H,8-12,21-23H2,1-7H3. The number of hydrogen-bond acceptors (Lipinski definition) is 4. The van der Waals surface area contributed by atoms with E-state index in [1.807, 2.05) is 0 Å². The number of hydrogen-bond donors (Lipinski definition) is 0. The Hall–Kier alpha value is -1.75. The zero-order valence-corrected chi connectivity index (χ0v) is 26.3. The van der Waals surface area contributed by atoms with Crippen molar-refractivity contribution in [2.45, 2.75) is 89.6 Å². The molecule has 0 saturated carbocycles. The van der Waals surface area contributed by atoms with E-state index >= 15 is 0 Å². The van der Waals surface area contributed by atoms with Gasteiger partial charge in [-0.25, -0.2) is 9.18 Å². The largest absolute Gasteiger partial charge is 0.494 e. The highest BCUT2D eigenvalue weighted by molar-refractivity contribution is 6.96. The van der Waals surface area contributed by atoms with Crippen LogP contribution in [0.3, 0.4) is 0 Å². The van der Waals surface area contributed by atoms with Crippen LogP contribution in [-0.4, -0.2) is 37.3 Å². The van der Waals surface area contributed by atoms with E-state index in [1.165, 1.54) is 55.2 Å². The summed E-state index contributed by atoms with van der Waals surface area (Å²) in [5.74, 6) is 0.205. The molecule has 0 aliphatic heterocycles. The van der Waals surface area contributed by atoms with Crippen LogP contribution >= 0.6 is 0 Å². The van der Waals surface area contributed by atoms with Crippen LogP contribution in [0.4, 0.5) is 4.39 Å². The summed E-state index contributed by atoms with van der Waals surface area (Å²) >= 11 is 0. The van der Waals surface area contributed by atoms with E-state index in [2.05, 4.69) is 45.8 Å². The quantitative estimate of drug-likeness (QED) is 0.0966. The molecule has 200 valence electrons. The molecule has 2 aromatic rings. The molecule has 0 saturated heterocycles. The van der Waals surface area contributed by atoms with Crippen molar-refractivity contribution in [3.05, 3.63) is 59.9 Å². The fourth-order valence-electron chi connectivity index (χ4n) is 4.71. The Kier molecular flexibility index (Phi) is 11.6. The Morgan fingerprint density at radius 1 is 0.750 bits per heavy atom. The zero-order valence-electron chi connectivity index (χ0n) is 23.3. The first kappa shape index (κ1) is 30.5. The molecule has 1 unspecified atom stereocenters. The first-order chi connectivity index (χ1) is 16.7. The van der Waals surface area contributed by atoms with Crippen LogP contribution in [0.5, 0.6) is 11.5 Å². The molecule has 0 radical (unpaired) electrons. The van der Waals surface area contributed by atoms with Crippen molar-refractivity contribution in [3.8, 4) is 11.5 Å². The van der Waals surface area contributed by atoms with Gasteiger partial charge in [0.15, 0.2) is 16.6 Å². The number of ether oxygens (including phenoxy) is 2. The number of benzene rings is 2. The number of esters is 1. The van der Waals surface area contributed by atoms with Gasteiger partial charge in [-0.2, -0.15) is 0 Å². The number of carbonyl (C=O) groups is 1. The summed E-state index contributed by atoms with van der Waals surface area (Å²) in [6.07, 6.45) is 5.93. The summed E-state index contributed by atoms with van der Waals surface area (Å²) in [5, 5.41) is 0. The minimum atomic E-state index is -1.63. The molecule has 0 heterocycles. The van der Waals surface area contributed by atoms with Crippen molar-refractivity contribution in [1.29, 1.82) is 0 Å². The van der Waals surface area contributed by atoms with E-state index < -0.39 is 30.7 Å². The topological polar surface area (TPSA) is 44.8 Å². The third-order valence-electron chi connectivity index (χ3n) is 5.69. The number of halogens is 1. The highest BCUT2D eigenvalue weighted by Gasteiger charge is 2.37. The van der Waals surface area contributed by atoms with E-state index in [0.717, 1.165) is 18.6 Å². The molecule has 0 spiro atoms. The third-order valence-corrected chi connectivity index (χ3v) is 18.8. The molecular formula is C28H45FO4Si3. The Labute approximate surface area is 220 Å². The summed E-state index contributed by atoms with van der Waals surface area (Å²) in [6, 6.07) is 13.6. The van der Waals surface area contributed by atoms with Crippen LogP contribution < -0.4 is 9.47 Å². The van der Waals surface area contributed by atoms with Crippen LogP contribution in [0.15, 0.2) is 48.5 Å². The normalized spacial score (nSPS) is 13.8. The van der Waals surface area contributed by atoms with E-state index in [1.54, 1.807) is 24.3 Å². The Balaban J connectivity index is 1.65. The predicted molar refractivity (Wildman–Crippen MR) is 155 cm³/mol. The molecule has 36 heavy (non-hydrogen) atoms. The van der Waals surface area contributed by atoms with Gasteiger partial charge in [-0.3, -0.25) is 0 Å². The molecule has 0 fully saturated rings. The van der Waals surface area contributed by atoms with Crippen molar-refractivity contribution in [1.82, 2.24) is 0 Å². The van der Waals surface area contributed by atoms with E-state index in [4.69, 9.17) is 13.6 Å². The minimum absolute atomic E-state index is 0.313. The molecule has 0 aliphatic carbocycles. The Morgan fingerprint density at radius 3 is 1.89 bits per heavy atom. The van der Waals surface area contributed by atoms with Crippen LogP contribution in [-0.2, 0) is 4.12 Å². The number of rotatable bonds is 15. The summed E-state index contributed by atoms with van der Waals surface area (Å²) in [4.78, 5) is 12.2. The van der Waals surface area contributed by atoms with Gasteiger partial charge < -0.3 is 13.6 Å². The highest BCUT2D eigenvalue weighted by Crippen LogP contribution is 2.30. The third kappa shape index (κ3) is 12.5. The van der Waals surface area contributed by atoms with Crippen molar-refractivity contribution < 1.29 is 22.8 Å². The lowest BCUT2D eigenvalue weighted by Crippen LogP contribution is -2.49. The van der Waals surface area contributed by atoms with Gasteiger partial charge in [-0.05, 0) is 92.9 Å². The first-order valence-electron chi connectivity index (χ1n) is 13.2. The lowest BCUT2D eigenvalue weighted by molar-refractivity contribution is 0.0734. The maximum absolute atomic E-state index is 13.0. The molecule has 2 aromatic carbocycles. The van der Waals surface area contributed by atoms with Gasteiger partial charge in [0.25, 0.3) is 0 Å². The molecule has 0 N–H and O–H groups in total. The van der Waals surface area contributed by atoms with Crippen LogP contribution in [0, 0.1) is 5.82 Å². The van der Waals surface area contributed by atoms with Crippen molar-refractivity contribution in [2.24, 2.45) is 0 Å². The fraction of sp³-hybridized carbons (Fsp3) is 0.536. The van der Waals surface area contributed by atoms with Crippen LogP contribution in [0.25, 0.3) is 0 Å². The molecule has 0 bridgehead atoms. The Bertz CT molecular complexity index is 919. The first-order valence-corrected chi connectivity index (χ1v) is 23.1. The lowest BCUT2D eigenvalue weighted by Gasteiger charge is -2.38. The fourth-order valence-corrected chi connectivity index (χ4v) is 22.7. The van der Waals surface area contributed by atoms with Crippen LogP contribution in [0.1, 0.15) is 42.5 Å². The lowest BCUT2D eigenvalue weighted by atomic mass is 10.2. The summed E-state index contributed by atoms with van der Waals surface area (Å²) in [5.41, 5.74) is 1.79. The second-order valence-corrected chi connectivity index (χ2v) is 27.1. The Morgan fingerprint density at radius 2 is 1.31 bits per heavy atom. The summed E-state index contributed by atoms with van der Waals surface area (Å²) < 4.78 is 30.9. The molecule has 4 nitrogen and oxygen atoms in total. The molecule has 0 aliphatic rings. The van der Waals surface area contributed by atoms with Gasteiger partial charge in [-0.15, -0.1) is 0 Å². The minimum Gasteiger partial charge on any atom is -0.494 e. The molecular weight excluding hydrogens is 504 g/mol. The molecule has 2 rings (SSSR count). The maximum atomic E-state index is 13.0. The second-order valence-electron chi connectivity index (χ2n) is 12.1. The number of unbranched alkanes of at least 4 members (excludes halogenated alkanes) is 4. The zero-order chi connectivity index (χ0) is 26.8. The summed E-state index contributed by atoms with van der Waals surface area (Å²) in [6.45, 7) is 17.5. The molecule has 0 amide bonds. The average molecular weight is 549 g/mol. The highest BCUT2D eigenvalue weighted by atomic mass is 28.4. The SMILES string of the molecule is C[Si](C)(C)C[Si](C)(CCCCCCCOc1ccc(C(=O)Oc2ccc(F)cc2)cc1)O[Si](C)(C)C. The predicted octanol–water partition coefficient (Wildman–Crippen LogP) is 8.68. The maximum Gasteiger partial charge on any atom is 0.343 e. The van der Waals surface area contributed by atoms with Crippen molar-refractivity contribution >= 4 is 30.7 Å². The van der Waals surface area contributed by atoms with Crippen LogP contribution in [0.2, 0.25) is 57.5 Å². The van der Waals surface area contributed by atoms with Gasteiger partial charge in [0, 0.05) is 8.07 Å². The van der Waals surface area contributed by atoms with E-state index in [0.29, 0.717) is 17.9 Å². The smallest absolute Gasteiger partial charge is 0.343 e. The van der Waals surface area contributed by atoms with Gasteiger partial charge in [0.05, 0.1) is 12.2 Å². The van der Waals surface area contributed by atoms with Gasteiger partial charge >= 0.3 is 5.97 Å². The molecule has 1 atom stereocenters. The second kappa shape index (κ2) is 13.7. The van der Waals surface area contributed by atoms with Crippen molar-refractivity contribution in [2.75, 3.05) is 6.61 Å². The molecule has 8 heteroatoms. The average Bonchev–Trinajstić information content (AvgIpc) is 2.75. The van der Waals surface area contributed by atoms with Gasteiger partial charge in [0.1, 0.15) is 17.3 Å². The van der Waals surface area contributed by atoms with E-state index in [-0.39, 0.29) is 5.82 Å². The van der Waals surface area contributed by atoms with Crippen molar-refractivity contribution in [3.63, 3.8) is 0 Å². The van der Waals surface area contributed by atoms with E-state index in [9.17, 15) is 9.18 Å². The summed E-state index contributed by atoms with van der Waals surface area (Å²) in [7, 11) is -4.27. The van der Waals surface area contributed by atoms with Gasteiger partial charge in [-0.1, -0.05) is 45.3 Å². The molecule has 0 aromatic heterocycles. The number of carbonyl (C=O) groups excluding carboxylic acids is 1.